The number of rotatable bonds is 13. The summed E-state index contributed by atoms with van der Waals surface area (Å²) < 4.78 is 13.3. The van der Waals surface area contributed by atoms with Gasteiger partial charge in [0, 0.05) is 25.1 Å². The van der Waals surface area contributed by atoms with Gasteiger partial charge in [-0.15, -0.1) is 0 Å². The van der Waals surface area contributed by atoms with Gasteiger partial charge in [0.2, 0.25) is 5.91 Å². The molecule has 0 saturated heterocycles. The van der Waals surface area contributed by atoms with Crippen molar-refractivity contribution in [2.75, 3.05) is 20.8 Å². The summed E-state index contributed by atoms with van der Waals surface area (Å²) in [4.78, 5) is 34.8. The molecular weight excluding hydrogens is 582 g/mol. The molecular formula is C33H38BrN3O4. The van der Waals surface area contributed by atoms with Crippen LogP contribution >= 0.6 is 15.9 Å². The number of hydrogen-bond acceptors (Lipinski definition) is 5. The standard InChI is InChI=1S/C33H38BrN3O4/c1-5-6-7-13-20-36(30(38)19-18-24-14-9-8-10-15-24)23(2)32-35-27-17-12-11-16-26(27)33(39)37(32)28-21-25(40-3)22-29(41-4)31(28)34/h8-12,14-17,21-23H,5-7,13,18-20H2,1-4H3. The molecule has 216 valence electrons. The number of ether oxygens (including phenoxy) is 2. The van der Waals surface area contributed by atoms with Crippen LogP contribution in [0.5, 0.6) is 11.5 Å². The Morgan fingerprint density at radius 1 is 1.00 bits per heavy atom. The number of para-hydroxylation sites is 1. The maximum Gasteiger partial charge on any atom is 0.266 e. The molecule has 4 rings (SSSR count). The van der Waals surface area contributed by atoms with Gasteiger partial charge >= 0.3 is 0 Å². The highest BCUT2D eigenvalue weighted by atomic mass is 79.9. The van der Waals surface area contributed by atoms with Gasteiger partial charge in [-0.2, -0.15) is 0 Å². The Balaban J connectivity index is 1.84. The zero-order valence-electron chi connectivity index (χ0n) is 24.2. The van der Waals surface area contributed by atoms with Crippen LogP contribution < -0.4 is 15.0 Å². The monoisotopic (exact) mass is 619 g/mol. The largest absolute Gasteiger partial charge is 0.497 e. The van der Waals surface area contributed by atoms with E-state index in [0.29, 0.717) is 57.8 Å². The molecule has 1 atom stereocenters. The Hall–Kier alpha value is -3.65. The fourth-order valence-electron chi connectivity index (χ4n) is 5.07. The van der Waals surface area contributed by atoms with Crippen molar-refractivity contribution in [2.24, 2.45) is 0 Å². The van der Waals surface area contributed by atoms with Crippen LogP contribution in [0.3, 0.4) is 0 Å². The Morgan fingerprint density at radius 3 is 2.44 bits per heavy atom. The van der Waals surface area contributed by atoms with E-state index in [-0.39, 0.29) is 11.5 Å². The zero-order valence-corrected chi connectivity index (χ0v) is 25.8. The number of carbonyl (C=O) groups excluding carboxylic acids is 1. The van der Waals surface area contributed by atoms with Crippen molar-refractivity contribution in [3.8, 4) is 17.2 Å². The van der Waals surface area contributed by atoms with E-state index >= 15 is 0 Å². The molecule has 1 aromatic heterocycles. The van der Waals surface area contributed by atoms with Gasteiger partial charge in [0.05, 0.1) is 41.3 Å². The number of fused-ring (bicyclic) bond motifs is 1. The first-order valence-corrected chi connectivity index (χ1v) is 15.0. The number of methoxy groups -OCH3 is 2. The first kappa shape index (κ1) is 30.3. The summed E-state index contributed by atoms with van der Waals surface area (Å²) in [6, 6.07) is 20.4. The fourth-order valence-corrected chi connectivity index (χ4v) is 5.64. The van der Waals surface area contributed by atoms with Crippen molar-refractivity contribution in [1.29, 1.82) is 0 Å². The van der Waals surface area contributed by atoms with Gasteiger partial charge < -0.3 is 14.4 Å². The predicted octanol–water partition coefficient (Wildman–Crippen LogP) is 7.27. The van der Waals surface area contributed by atoms with Gasteiger partial charge in [-0.1, -0.05) is 68.7 Å². The van der Waals surface area contributed by atoms with Crippen LogP contribution in [0.2, 0.25) is 0 Å². The molecule has 0 aliphatic heterocycles. The van der Waals surface area contributed by atoms with Gasteiger partial charge in [-0.3, -0.25) is 14.2 Å². The molecule has 0 bridgehead atoms. The molecule has 0 radical (unpaired) electrons. The van der Waals surface area contributed by atoms with Crippen molar-refractivity contribution in [2.45, 2.75) is 58.4 Å². The van der Waals surface area contributed by atoms with Crippen molar-refractivity contribution >= 4 is 32.7 Å². The summed E-state index contributed by atoms with van der Waals surface area (Å²) in [7, 11) is 3.14. The van der Waals surface area contributed by atoms with Crippen molar-refractivity contribution < 1.29 is 14.3 Å². The van der Waals surface area contributed by atoms with Gasteiger partial charge in [0.1, 0.15) is 17.3 Å². The van der Waals surface area contributed by atoms with Crippen LogP contribution in [0.15, 0.2) is 76.0 Å². The Bertz CT molecular complexity index is 1540. The molecule has 8 heteroatoms. The molecule has 4 aromatic rings. The van der Waals surface area contributed by atoms with Crippen molar-refractivity contribution in [3.05, 3.63) is 92.9 Å². The highest BCUT2D eigenvalue weighted by molar-refractivity contribution is 9.10. The summed E-state index contributed by atoms with van der Waals surface area (Å²) in [5.74, 6) is 1.57. The predicted molar refractivity (Wildman–Crippen MR) is 167 cm³/mol. The molecule has 0 fully saturated rings. The molecule has 0 saturated carbocycles. The molecule has 1 unspecified atom stereocenters. The number of aryl methyl sites for hydroxylation is 1. The summed E-state index contributed by atoms with van der Waals surface area (Å²) in [6.45, 7) is 4.71. The molecule has 3 aromatic carbocycles. The normalized spacial score (nSPS) is 11.8. The third-order valence-electron chi connectivity index (χ3n) is 7.38. The zero-order chi connectivity index (χ0) is 29.4. The number of amides is 1. The SMILES string of the molecule is CCCCCCN(C(=O)CCc1ccccc1)C(C)c1nc2ccccc2c(=O)n1-c1cc(OC)cc(OC)c1Br. The maximum absolute atomic E-state index is 14.1. The highest BCUT2D eigenvalue weighted by Crippen LogP contribution is 2.37. The van der Waals surface area contributed by atoms with E-state index in [0.717, 1.165) is 31.2 Å². The first-order valence-electron chi connectivity index (χ1n) is 14.2. The van der Waals surface area contributed by atoms with E-state index in [4.69, 9.17) is 14.5 Å². The van der Waals surface area contributed by atoms with Gasteiger partial charge in [0.15, 0.2) is 0 Å². The highest BCUT2D eigenvalue weighted by Gasteiger charge is 2.28. The maximum atomic E-state index is 14.1. The lowest BCUT2D eigenvalue weighted by molar-refractivity contribution is -0.133. The van der Waals surface area contributed by atoms with Gasteiger partial charge in [0.25, 0.3) is 5.56 Å². The molecule has 0 spiro atoms. The number of aromatic nitrogens is 2. The second-order valence-corrected chi connectivity index (χ2v) is 10.9. The van der Waals surface area contributed by atoms with Gasteiger partial charge in [-0.05, 0) is 53.4 Å². The van der Waals surface area contributed by atoms with Crippen LogP contribution in [0.4, 0.5) is 0 Å². The van der Waals surface area contributed by atoms with Crippen molar-refractivity contribution in [1.82, 2.24) is 14.5 Å². The quantitative estimate of drug-likeness (QED) is 0.147. The molecule has 7 nitrogen and oxygen atoms in total. The van der Waals surface area contributed by atoms with E-state index in [1.807, 2.05) is 60.4 Å². The molecule has 0 N–H and O–H groups in total. The third kappa shape index (κ3) is 6.99. The van der Waals surface area contributed by atoms with Gasteiger partial charge in [-0.25, -0.2) is 4.98 Å². The average molecular weight is 621 g/mol. The van der Waals surface area contributed by atoms with E-state index in [2.05, 4.69) is 22.9 Å². The van der Waals surface area contributed by atoms with E-state index in [1.54, 1.807) is 37.0 Å². The van der Waals surface area contributed by atoms with Crippen molar-refractivity contribution in [3.63, 3.8) is 0 Å². The number of benzene rings is 3. The Kier molecular flexibility index (Phi) is 10.6. The summed E-state index contributed by atoms with van der Waals surface area (Å²) in [5, 5.41) is 0.488. The summed E-state index contributed by atoms with van der Waals surface area (Å²) in [5.41, 5.74) is 2.02. The van der Waals surface area contributed by atoms with E-state index in [9.17, 15) is 9.59 Å². The second-order valence-electron chi connectivity index (χ2n) is 10.1. The van der Waals surface area contributed by atoms with Crippen LogP contribution in [0.25, 0.3) is 16.6 Å². The Morgan fingerprint density at radius 2 is 1.73 bits per heavy atom. The van der Waals surface area contributed by atoms with Crippen LogP contribution in [0, 0.1) is 0 Å². The molecule has 1 amide bonds. The second kappa shape index (κ2) is 14.3. The van der Waals surface area contributed by atoms with E-state index < -0.39 is 6.04 Å². The lowest BCUT2D eigenvalue weighted by Crippen LogP contribution is -2.38. The smallest absolute Gasteiger partial charge is 0.266 e. The lowest BCUT2D eigenvalue weighted by Gasteiger charge is -2.31. The minimum atomic E-state index is -0.471. The number of hydrogen-bond donors (Lipinski definition) is 0. The first-order chi connectivity index (χ1) is 19.9. The fraction of sp³-hybridized carbons (Fsp3) is 0.364. The topological polar surface area (TPSA) is 73.7 Å². The third-order valence-corrected chi connectivity index (χ3v) is 8.17. The lowest BCUT2D eigenvalue weighted by atomic mass is 10.1. The minimum Gasteiger partial charge on any atom is -0.497 e. The number of unbranched alkanes of at least 4 members (excludes halogenated alkanes) is 3. The average Bonchev–Trinajstić information content (AvgIpc) is 3.00. The van der Waals surface area contributed by atoms with E-state index in [1.165, 1.54) is 0 Å². The van der Waals surface area contributed by atoms with Crippen LogP contribution in [-0.4, -0.2) is 41.1 Å². The number of nitrogens with zero attached hydrogens (tertiary/aromatic N) is 3. The van der Waals surface area contributed by atoms with Crippen LogP contribution in [-0.2, 0) is 11.2 Å². The summed E-state index contributed by atoms with van der Waals surface area (Å²) in [6.07, 6.45) is 5.14. The van der Waals surface area contributed by atoms with Crippen LogP contribution in [0.1, 0.15) is 63.4 Å². The Labute approximate surface area is 250 Å². The molecule has 0 aliphatic carbocycles. The minimum absolute atomic E-state index is 0.0362. The number of halogens is 1. The molecule has 0 aliphatic rings. The number of carbonyl (C=O) groups is 1. The molecule has 1 heterocycles. The summed E-state index contributed by atoms with van der Waals surface area (Å²) >= 11 is 3.65. The molecule has 41 heavy (non-hydrogen) atoms.